The number of carbonyl (C=O) groups is 1. The van der Waals surface area contributed by atoms with Crippen LogP contribution in [0.3, 0.4) is 0 Å². The Morgan fingerprint density at radius 1 is 1.21 bits per heavy atom. The Kier molecular flexibility index (Phi) is 5.29. The van der Waals surface area contributed by atoms with E-state index in [4.69, 9.17) is 15.2 Å². The van der Waals surface area contributed by atoms with E-state index < -0.39 is 0 Å². The summed E-state index contributed by atoms with van der Waals surface area (Å²) in [7, 11) is 3.33. The van der Waals surface area contributed by atoms with Crippen molar-refractivity contribution >= 4 is 5.91 Å². The summed E-state index contributed by atoms with van der Waals surface area (Å²) in [4.78, 5) is 14.9. The quantitative estimate of drug-likeness (QED) is 0.900. The van der Waals surface area contributed by atoms with Crippen LogP contribution in [0.5, 0.6) is 11.5 Å². The molecule has 132 valence electrons. The lowest BCUT2D eigenvalue weighted by molar-refractivity contribution is -0.133. The van der Waals surface area contributed by atoms with E-state index >= 15 is 0 Å². The fraction of sp³-hybridized carbons (Fsp3) is 0.632. The predicted octanol–water partition coefficient (Wildman–Crippen LogP) is 2.88. The first-order chi connectivity index (χ1) is 11.6. The van der Waals surface area contributed by atoms with Gasteiger partial charge in [0.2, 0.25) is 5.91 Å². The molecule has 5 heteroatoms. The first kappa shape index (κ1) is 17.1. The van der Waals surface area contributed by atoms with Gasteiger partial charge in [0.25, 0.3) is 0 Å². The van der Waals surface area contributed by atoms with Crippen molar-refractivity contribution in [1.29, 1.82) is 0 Å². The van der Waals surface area contributed by atoms with Crippen LogP contribution in [0, 0.1) is 5.92 Å². The van der Waals surface area contributed by atoms with Crippen LogP contribution in [0.4, 0.5) is 0 Å². The van der Waals surface area contributed by atoms with Crippen LogP contribution < -0.4 is 15.2 Å². The zero-order chi connectivity index (χ0) is 17.1. The highest BCUT2D eigenvalue weighted by Gasteiger charge is 2.35. The number of benzene rings is 1. The van der Waals surface area contributed by atoms with Crippen molar-refractivity contribution < 1.29 is 14.3 Å². The summed E-state index contributed by atoms with van der Waals surface area (Å²) in [5.41, 5.74) is 7.19. The van der Waals surface area contributed by atoms with Crippen LogP contribution in [-0.4, -0.2) is 37.6 Å². The normalized spacial score (nSPS) is 26.6. The number of amides is 1. The Balaban J connectivity index is 1.78. The summed E-state index contributed by atoms with van der Waals surface area (Å²) in [6.07, 6.45) is 5.83. The average Bonchev–Trinajstić information content (AvgIpc) is 3.23. The molecule has 1 aliphatic carbocycles. The van der Waals surface area contributed by atoms with Crippen molar-refractivity contribution in [2.24, 2.45) is 11.7 Å². The number of nitrogens with zero attached hydrogens (tertiary/aromatic N) is 1. The van der Waals surface area contributed by atoms with Gasteiger partial charge in [-0.05, 0) is 49.8 Å². The minimum atomic E-state index is 0.0696. The molecule has 24 heavy (non-hydrogen) atoms. The minimum Gasteiger partial charge on any atom is -0.497 e. The van der Waals surface area contributed by atoms with Crippen molar-refractivity contribution in [3.63, 3.8) is 0 Å². The maximum Gasteiger partial charge on any atom is 0.223 e. The number of hydrogen-bond acceptors (Lipinski definition) is 4. The summed E-state index contributed by atoms with van der Waals surface area (Å²) in [6.45, 7) is 0.811. The highest BCUT2D eigenvalue weighted by atomic mass is 16.5. The minimum absolute atomic E-state index is 0.0696. The molecule has 1 saturated heterocycles. The van der Waals surface area contributed by atoms with E-state index in [1.165, 1.54) is 0 Å². The largest absolute Gasteiger partial charge is 0.497 e. The standard InChI is InChI=1S/C19H28N2O3/c1-23-14-8-9-18(24-2)15(12-14)17-7-4-10-21(17)19(22)11-13-5-3-6-16(13)20/h8-9,12-13,16-17H,3-7,10-11,20H2,1-2H3/t13-,16+,17?/m0/s1. The van der Waals surface area contributed by atoms with Crippen molar-refractivity contribution in [3.05, 3.63) is 23.8 Å². The Bertz CT molecular complexity index is 590. The van der Waals surface area contributed by atoms with Gasteiger partial charge in [-0.1, -0.05) is 6.42 Å². The van der Waals surface area contributed by atoms with E-state index in [9.17, 15) is 4.79 Å². The molecular weight excluding hydrogens is 304 g/mol. The van der Waals surface area contributed by atoms with Gasteiger partial charge in [-0.15, -0.1) is 0 Å². The molecule has 0 radical (unpaired) electrons. The van der Waals surface area contributed by atoms with Crippen LogP contribution in [0.1, 0.15) is 50.1 Å². The summed E-state index contributed by atoms with van der Waals surface area (Å²) in [5, 5.41) is 0. The van der Waals surface area contributed by atoms with Crippen LogP contribution in [0.15, 0.2) is 18.2 Å². The van der Waals surface area contributed by atoms with Crippen molar-refractivity contribution in [2.75, 3.05) is 20.8 Å². The number of carbonyl (C=O) groups excluding carboxylic acids is 1. The Morgan fingerprint density at radius 3 is 2.71 bits per heavy atom. The smallest absolute Gasteiger partial charge is 0.223 e. The van der Waals surface area contributed by atoms with Crippen LogP contribution in [-0.2, 0) is 4.79 Å². The van der Waals surface area contributed by atoms with Crippen molar-refractivity contribution in [1.82, 2.24) is 4.90 Å². The fourth-order valence-electron chi connectivity index (χ4n) is 4.15. The summed E-state index contributed by atoms with van der Waals surface area (Å²) in [5.74, 6) is 2.18. The Hall–Kier alpha value is -1.75. The van der Waals surface area contributed by atoms with E-state index in [1.807, 2.05) is 23.1 Å². The third kappa shape index (κ3) is 3.36. The lowest BCUT2D eigenvalue weighted by atomic mass is 9.98. The van der Waals surface area contributed by atoms with E-state index in [2.05, 4.69) is 0 Å². The molecule has 3 atom stereocenters. The highest BCUT2D eigenvalue weighted by Crippen LogP contribution is 2.40. The molecule has 5 nitrogen and oxygen atoms in total. The molecule has 3 rings (SSSR count). The number of hydrogen-bond donors (Lipinski definition) is 1. The molecule has 0 aromatic heterocycles. The monoisotopic (exact) mass is 332 g/mol. The van der Waals surface area contributed by atoms with Gasteiger partial charge in [0.05, 0.1) is 20.3 Å². The molecule has 0 spiro atoms. The van der Waals surface area contributed by atoms with E-state index in [-0.39, 0.29) is 18.0 Å². The van der Waals surface area contributed by atoms with Gasteiger partial charge in [0, 0.05) is 24.6 Å². The second-order valence-electron chi connectivity index (χ2n) is 6.91. The molecule has 1 aliphatic heterocycles. The molecule has 1 aromatic rings. The Morgan fingerprint density at radius 2 is 2.04 bits per heavy atom. The van der Waals surface area contributed by atoms with Gasteiger partial charge >= 0.3 is 0 Å². The predicted molar refractivity (Wildman–Crippen MR) is 93.2 cm³/mol. The maximum absolute atomic E-state index is 12.9. The Labute approximate surface area is 144 Å². The number of likely N-dealkylation sites (tertiary alicyclic amines) is 1. The maximum atomic E-state index is 12.9. The second-order valence-corrected chi connectivity index (χ2v) is 6.91. The van der Waals surface area contributed by atoms with Crippen LogP contribution in [0.2, 0.25) is 0 Å². The van der Waals surface area contributed by atoms with Gasteiger partial charge in [0.15, 0.2) is 0 Å². The molecular formula is C19H28N2O3. The first-order valence-electron chi connectivity index (χ1n) is 8.91. The van der Waals surface area contributed by atoms with E-state index in [1.54, 1.807) is 14.2 Å². The molecule has 1 unspecified atom stereocenters. The molecule has 1 aromatic carbocycles. The van der Waals surface area contributed by atoms with E-state index in [0.29, 0.717) is 12.3 Å². The number of rotatable bonds is 5. The second kappa shape index (κ2) is 7.43. The number of methoxy groups -OCH3 is 2. The molecule has 1 amide bonds. The molecule has 2 fully saturated rings. The first-order valence-corrected chi connectivity index (χ1v) is 8.91. The lowest BCUT2D eigenvalue weighted by Gasteiger charge is -2.28. The molecule has 1 saturated carbocycles. The van der Waals surface area contributed by atoms with Gasteiger partial charge in [-0.25, -0.2) is 0 Å². The SMILES string of the molecule is COc1ccc(OC)c(C2CCCN2C(=O)C[C@@H]2CCC[C@H]2N)c1. The lowest BCUT2D eigenvalue weighted by Crippen LogP contribution is -2.35. The summed E-state index contributed by atoms with van der Waals surface area (Å²) < 4.78 is 10.9. The van der Waals surface area contributed by atoms with Crippen molar-refractivity contribution in [3.8, 4) is 11.5 Å². The third-order valence-corrected chi connectivity index (χ3v) is 5.52. The fourth-order valence-corrected chi connectivity index (χ4v) is 4.15. The molecule has 0 bridgehead atoms. The zero-order valence-electron chi connectivity index (χ0n) is 14.7. The van der Waals surface area contributed by atoms with E-state index in [0.717, 1.165) is 55.7 Å². The van der Waals surface area contributed by atoms with Crippen LogP contribution >= 0.6 is 0 Å². The van der Waals surface area contributed by atoms with Gasteiger partial charge < -0.3 is 20.1 Å². The van der Waals surface area contributed by atoms with Gasteiger partial charge in [-0.2, -0.15) is 0 Å². The number of ether oxygens (including phenoxy) is 2. The van der Waals surface area contributed by atoms with Crippen LogP contribution in [0.25, 0.3) is 0 Å². The third-order valence-electron chi connectivity index (χ3n) is 5.52. The average molecular weight is 332 g/mol. The summed E-state index contributed by atoms with van der Waals surface area (Å²) >= 11 is 0. The zero-order valence-corrected chi connectivity index (χ0v) is 14.7. The highest BCUT2D eigenvalue weighted by molar-refractivity contribution is 5.77. The molecule has 2 N–H and O–H groups in total. The molecule has 2 aliphatic rings. The molecule has 1 heterocycles. The number of nitrogens with two attached hydrogens (primary N) is 1. The van der Waals surface area contributed by atoms with Gasteiger partial charge in [-0.3, -0.25) is 4.79 Å². The topological polar surface area (TPSA) is 64.8 Å². The van der Waals surface area contributed by atoms with Gasteiger partial charge in [0.1, 0.15) is 11.5 Å². The van der Waals surface area contributed by atoms with Crippen molar-refractivity contribution in [2.45, 2.75) is 50.6 Å². The summed E-state index contributed by atoms with van der Waals surface area (Å²) in [6, 6.07) is 6.06.